The van der Waals surface area contributed by atoms with Gasteiger partial charge in [0.05, 0.1) is 13.2 Å². The van der Waals surface area contributed by atoms with Gasteiger partial charge in [0.2, 0.25) is 0 Å². The summed E-state index contributed by atoms with van der Waals surface area (Å²) in [6.45, 7) is 6.71. The van der Waals surface area contributed by atoms with Crippen LogP contribution >= 0.6 is 0 Å². The molecule has 0 spiro atoms. The molecule has 0 aliphatic heterocycles. The molecule has 162 valence electrons. The Morgan fingerprint density at radius 3 is 2.00 bits per heavy atom. The zero-order valence-corrected chi connectivity index (χ0v) is 17.4. The number of rotatable bonds is 10. The Morgan fingerprint density at radius 1 is 0.933 bits per heavy atom. The van der Waals surface area contributed by atoms with Crippen molar-refractivity contribution < 1.29 is 28.2 Å². The van der Waals surface area contributed by atoms with Crippen LogP contribution in [0.4, 0.5) is 9.18 Å². The second-order valence-electron chi connectivity index (χ2n) is 6.25. The lowest BCUT2D eigenvalue weighted by molar-refractivity contribution is -0.138. The predicted molar refractivity (Wildman–Crippen MR) is 110 cm³/mol. The molecule has 0 aromatic heterocycles. The van der Waals surface area contributed by atoms with E-state index in [9.17, 15) is 14.0 Å². The fraction of sp³-hybridized carbons (Fsp3) is 0.364. The number of benzene rings is 2. The molecule has 1 unspecified atom stereocenters. The van der Waals surface area contributed by atoms with E-state index in [0.717, 1.165) is 0 Å². The van der Waals surface area contributed by atoms with Gasteiger partial charge in [0.15, 0.2) is 6.10 Å². The van der Waals surface area contributed by atoms with E-state index in [1.807, 2.05) is 13.8 Å². The first-order valence-electron chi connectivity index (χ1n) is 9.86. The second kappa shape index (κ2) is 11.6. The van der Waals surface area contributed by atoms with Crippen LogP contribution in [0.15, 0.2) is 48.5 Å². The molecule has 0 fully saturated rings. The second-order valence-corrected chi connectivity index (χ2v) is 6.25. The molecule has 8 heteroatoms. The molecule has 2 aromatic carbocycles. The van der Waals surface area contributed by atoms with Crippen LogP contribution in [0.5, 0.6) is 17.2 Å². The number of hydrogen-bond donors (Lipinski definition) is 1. The van der Waals surface area contributed by atoms with Crippen LogP contribution in [0.3, 0.4) is 0 Å². The molecular formula is C22H27FN2O5. The first-order chi connectivity index (χ1) is 14.5. The molecule has 30 heavy (non-hydrogen) atoms. The van der Waals surface area contributed by atoms with Crippen molar-refractivity contribution in [3.8, 4) is 17.2 Å². The van der Waals surface area contributed by atoms with E-state index >= 15 is 0 Å². The first kappa shape index (κ1) is 23.0. The van der Waals surface area contributed by atoms with Gasteiger partial charge in [-0.2, -0.15) is 0 Å². The average Bonchev–Trinajstić information content (AvgIpc) is 2.75. The van der Waals surface area contributed by atoms with E-state index in [1.54, 1.807) is 36.1 Å². The monoisotopic (exact) mass is 418 g/mol. The summed E-state index contributed by atoms with van der Waals surface area (Å²) in [7, 11) is 0. The molecule has 0 aliphatic carbocycles. The van der Waals surface area contributed by atoms with Crippen molar-refractivity contribution in [3.05, 3.63) is 54.3 Å². The largest absolute Gasteiger partial charge is 0.479 e. The Morgan fingerprint density at radius 2 is 1.47 bits per heavy atom. The highest BCUT2D eigenvalue weighted by Crippen LogP contribution is 2.24. The number of ether oxygens (including phenoxy) is 3. The zero-order chi connectivity index (χ0) is 21.9. The maximum Gasteiger partial charge on any atom is 0.407 e. The van der Waals surface area contributed by atoms with Gasteiger partial charge >= 0.3 is 6.09 Å². The normalized spacial score (nSPS) is 11.3. The van der Waals surface area contributed by atoms with Crippen molar-refractivity contribution in [1.29, 1.82) is 0 Å². The van der Waals surface area contributed by atoms with Gasteiger partial charge in [0.1, 0.15) is 23.1 Å². The molecule has 1 atom stereocenters. The van der Waals surface area contributed by atoms with Crippen LogP contribution in [0, 0.1) is 5.82 Å². The summed E-state index contributed by atoms with van der Waals surface area (Å²) >= 11 is 0. The number of carbonyl (C=O) groups excluding carboxylic acids is 2. The molecule has 0 radical (unpaired) electrons. The van der Waals surface area contributed by atoms with Crippen molar-refractivity contribution in [2.45, 2.75) is 26.9 Å². The van der Waals surface area contributed by atoms with Gasteiger partial charge in [0.25, 0.3) is 5.91 Å². The molecule has 0 saturated heterocycles. The standard InChI is InChI=1S/C22H27FN2O5/c1-4-25(5-2)21(26)20(15-24-22(27)28-6-3)30-19-13-11-18(12-14-19)29-17-9-7-16(23)8-10-17/h7-14,20H,4-6,15H2,1-3H3,(H,24,27). The summed E-state index contributed by atoms with van der Waals surface area (Å²) in [5.74, 6) is 0.899. The van der Waals surface area contributed by atoms with E-state index in [0.29, 0.717) is 30.3 Å². The summed E-state index contributed by atoms with van der Waals surface area (Å²) in [4.78, 5) is 26.0. The van der Waals surface area contributed by atoms with Crippen molar-refractivity contribution in [1.82, 2.24) is 10.2 Å². The van der Waals surface area contributed by atoms with Crippen molar-refractivity contribution in [2.75, 3.05) is 26.2 Å². The summed E-state index contributed by atoms with van der Waals surface area (Å²) in [5.41, 5.74) is 0. The fourth-order valence-electron chi connectivity index (χ4n) is 2.67. The van der Waals surface area contributed by atoms with Crippen LogP contribution in [-0.2, 0) is 9.53 Å². The number of amides is 2. The van der Waals surface area contributed by atoms with Gasteiger partial charge in [-0.1, -0.05) is 0 Å². The Kier molecular flexibility index (Phi) is 8.93. The minimum atomic E-state index is -0.904. The molecule has 1 N–H and O–H groups in total. The van der Waals surface area contributed by atoms with Gasteiger partial charge < -0.3 is 24.4 Å². The first-order valence-corrected chi connectivity index (χ1v) is 9.86. The minimum absolute atomic E-state index is 0.0258. The number of halogens is 1. The number of nitrogens with zero attached hydrogens (tertiary/aromatic N) is 1. The third kappa shape index (κ3) is 6.95. The summed E-state index contributed by atoms with van der Waals surface area (Å²) in [5, 5.41) is 2.55. The number of carbonyl (C=O) groups is 2. The number of hydrogen-bond acceptors (Lipinski definition) is 5. The van der Waals surface area contributed by atoms with Crippen molar-refractivity contribution >= 4 is 12.0 Å². The van der Waals surface area contributed by atoms with E-state index in [2.05, 4.69) is 5.32 Å². The Balaban J connectivity index is 2.06. The van der Waals surface area contributed by atoms with Crippen LogP contribution in [0.2, 0.25) is 0 Å². The Hall–Kier alpha value is -3.29. The SMILES string of the molecule is CCOC(=O)NCC(Oc1ccc(Oc2ccc(F)cc2)cc1)C(=O)N(CC)CC. The highest BCUT2D eigenvalue weighted by molar-refractivity contribution is 5.82. The van der Waals surface area contributed by atoms with Crippen molar-refractivity contribution in [3.63, 3.8) is 0 Å². The lowest BCUT2D eigenvalue weighted by atomic mass is 10.2. The van der Waals surface area contributed by atoms with Crippen LogP contribution in [0.1, 0.15) is 20.8 Å². The molecule has 0 aliphatic rings. The summed E-state index contributed by atoms with van der Waals surface area (Å²) in [6, 6.07) is 12.4. The topological polar surface area (TPSA) is 77.1 Å². The average molecular weight is 418 g/mol. The third-order valence-electron chi connectivity index (χ3n) is 4.21. The molecule has 7 nitrogen and oxygen atoms in total. The summed E-state index contributed by atoms with van der Waals surface area (Å²) < 4.78 is 29.3. The molecule has 2 amide bonds. The number of likely N-dealkylation sites (N-methyl/N-ethyl adjacent to an activating group) is 1. The minimum Gasteiger partial charge on any atom is -0.479 e. The molecule has 2 aromatic rings. The Labute approximate surface area is 175 Å². The van der Waals surface area contributed by atoms with Crippen LogP contribution < -0.4 is 14.8 Å². The number of nitrogens with one attached hydrogen (secondary N) is 1. The van der Waals surface area contributed by atoms with E-state index in [-0.39, 0.29) is 24.9 Å². The molecule has 2 rings (SSSR count). The van der Waals surface area contributed by atoms with Gasteiger partial charge in [-0.25, -0.2) is 9.18 Å². The van der Waals surface area contributed by atoms with Crippen molar-refractivity contribution in [2.24, 2.45) is 0 Å². The van der Waals surface area contributed by atoms with E-state index in [1.165, 1.54) is 24.3 Å². The van der Waals surface area contributed by atoms with E-state index in [4.69, 9.17) is 14.2 Å². The van der Waals surface area contributed by atoms with Gasteiger partial charge in [-0.05, 0) is 69.3 Å². The fourth-order valence-corrected chi connectivity index (χ4v) is 2.67. The van der Waals surface area contributed by atoms with Crippen LogP contribution in [0.25, 0.3) is 0 Å². The lowest BCUT2D eigenvalue weighted by Gasteiger charge is -2.26. The molecule has 0 heterocycles. The smallest absolute Gasteiger partial charge is 0.407 e. The predicted octanol–water partition coefficient (Wildman–Crippen LogP) is 3.98. The quantitative estimate of drug-likeness (QED) is 0.632. The highest BCUT2D eigenvalue weighted by atomic mass is 19.1. The van der Waals surface area contributed by atoms with Gasteiger partial charge in [-0.15, -0.1) is 0 Å². The van der Waals surface area contributed by atoms with Crippen LogP contribution in [-0.4, -0.2) is 49.2 Å². The molecular weight excluding hydrogens is 391 g/mol. The zero-order valence-electron chi connectivity index (χ0n) is 17.4. The lowest BCUT2D eigenvalue weighted by Crippen LogP contribution is -2.48. The maximum absolute atomic E-state index is 13.0. The Bertz CT molecular complexity index is 807. The maximum atomic E-state index is 13.0. The van der Waals surface area contributed by atoms with Gasteiger partial charge in [0, 0.05) is 13.1 Å². The third-order valence-corrected chi connectivity index (χ3v) is 4.21. The van der Waals surface area contributed by atoms with Gasteiger partial charge in [-0.3, -0.25) is 4.79 Å². The molecule has 0 bridgehead atoms. The molecule has 0 saturated carbocycles. The number of alkyl carbamates (subject to hydrolysis) is 1. The highest BCUT2D eigenvalue weighted by Gasteiger charge is 2.25. The van der Waals surface area contributed by atoms with E-state index < -0.39 is 12.2 Å². The summed E-state index contributed by atoms with van der Waals surface area (Å²) in [6.07, 6.45) is -1.51.